The predicted molar refractivity (Wildman–Crippen MR) is 162 cm³/mol. The summed E-state index contributed by atoms with van der Waals surface area (Å²) in [6.45, 7) is 3.73. The highest BCUT2D eigenvalue weighted by Gasteiger charge is 2.35. The Balaban J connectivity index is 0.00000420. The van der Waals surface area contributed by atoms with Gasteiger partial charge in [-0.05, 0) is 66.2 Å². The van der Waals surface area contributed by atoms with Crippen LogP contribution in [0.15, 0.2) is 71.5 Å². The molecule has 204 valence electrons. The largest absolute Gasteiger partial charge is 0.328 e. The van der Waals surface area contributed by atoms with Crippen molar-refractivity contribution in [3.63, 3.8) is 0 Å². The van der Waals surface area contributed by atoms with Gasteiger partial charge in [-0.1, -0.05) is 53.0 Å². The normalized spacial score (nSPS) is 11.1. The molecule has 0 saturated heterocycles. The minimum Gasteiger partial charge on any atom is -0.328 e. The van der Waals surface area contributed by atoms with Gasteiger partial charge in [0.2, 0.25) is 0 Å². The van der Waals surface area contributed by atoms with Gasteiger partial charge >= 0.3 is 0 Å². The van der Waals surface area contributed by atoms with Crippen LogP contribution >= 0.6 is 63.1 Å². The summed E-state index contributed by atoms with van der Waals surface area (Å²) in [6, 6.07) is 16.6. The van der Waals surface area contributed by atoms with E-state index >= 15 is 0 Å². The number of halogens is 5. The summed E-state index contributed by atoms with van der Waals surface area (Å²) in [5.41, 5.74) is 6.21. The Hall–Kier alpha value is -2.66. The lowest BCUT2D eigenvalue weighted by Crippen LogP contribution is -2.53. The van der Waals surface area contributed by atoms with E-state index in [9.17, 15) is 9.59 Å². The monoisotopic (exact) mass is 670 g/mol. The highest BCUT2D eigenvalue weighted by Crippen LogP contribution is 2.40. The minimum atomic E-state index is -0.882. The van der Waals surface area contributed by atoms with E-state index in [-0.39, 0.29) is 57.8 Å². The Morgan fingerprint density at radius 2 is 1.74 bits per heavy atom. The number of carbonyl (C=O) groups is 2. The summed E-state index contributed by atoms with van der Waals surface area (Å²) in [5.74, 6) is -0.659. The van der Waals surface area contributed by atoms with E-state index in [0.717, 1.165) is 0 Å². The van der Waals surface area contributed by atoms with E-state index in [1.54, 1.807) is 42.5 Å². The molecule has 0 radical (unpaired) electrons. The third-order valence-electron chi connectivity index (χ3n) is 5.69. The van der Waals surface area contributed by atoms with Crippen LogP contribution in [0.5, 0.6) is 0 Å². The summed E-state index contributed by atoms with van der Waals surface area (Å²) < 4.78 is 1.69. The number of aromatic nitrogens is 3. The number of benzene rings is 2. The molecular formula is C26H23BrCl4N6O2. The molecule has 4 aromatic rings. The summed E-state index contributed by atoms with van der Waals surface area (Å²) in [7, 11) is 0. The van der Waals surface area contributed by atoms with Gasteiger partial charge in [0.15, 0.2) is 5.82 Å². The van der Waals surface area contributed by atoms with Crippen molar-refractivity contribution in [2.75, 3.05) is 16.8 Å². The van der Waals surface area contributed by atoms with E-state index in [2.05, 4.69) is 31.3 Å². The molecule has 0 unspecified atom stereocenters. The zero-order chi connectivity index (χ0) is 27.6. The van der Waals surface area contributed by atoms with Crippen LogP contribution in [-0.4, -0.2) is 38.7 Å². The maximum atomic E-state index is 13.8. The van der Waals surface area contributed by atoms with Crippen LogP contribution in [-0.2, 0) is 0 Å². The second-order valence-electron chi connectivity index (χ2n) is 8.83. The minimum absolute atomic E-state index is 0. The molecule has 3 N–H and O–H groups in total. The summed E-state index contributed by atoms with van der Waals surface area (Å²) in [4.78, 5) is 33.1. The number of nitrogens with two attached hydrogens (primary N) is 1. The Morgan fingerprint density at radius 1 is 1.05 bits per heavy atom. The fourth-order valence-corrected chi connectivity index (χ4v) is 4.86. The van der Waals surface area contributed by atoms with E-state index in [1.165, 1.54) is 27.9 Å². The van der Waals surface area contributed by atoms with Gasteiger partial charge in [-0.25, -0.2) is 9.67 Å². The van der Waals surface area contributed by atoms with Crippen molar-refractivity contribution >= 4 is 86.3 Å². The topological polar surface area (TPSA) is 106 Å². The average Bonchev–Trinajstić information content (AvgIpc) is 3.28. The maximum Gasteiger partial charge on any atom is 0.274 e. The van der Waals surface area contributed by atoms with Gasteiger partial charge in [0.05, 0.1) is 27.0 Å². The molecule has 2 heterocycles. The molecule has 0 atom stereocenters. The first-order valence-electron chi connectivity index (χ1n) is 11.3. The van der Waals surface area contributed by atoms with Crippen molar-refractivity contribution in [1.82, 2.24) is 14.8 Å². The smallest absolute Gasteiger partial charge is 0.274 e. The number of rotatable bonds is 7. The number of hydrogen-bond acceptors (Lipinski definition) is 5. The molecule has 0 aliphatic carbocycles. The first-order chi connectivity index (χ1) is 18.0. The third kappa shape index (κ3) is 6.57. The average molecular weight is 673 g/mol. The number of amides is 2. The van der Waals surface area contributed by atoms with Gasteiger partial charge in [-0.3, -0.25) is 14.5 Å². The Labute approximate surface area is 255 Å². The van der Waals surface area contributed by atoms with Crippen LogP contribution < -0.4 is 16.0 Å². The molecule has 4 rings (SSSR count). The molecule has 8 nitrogen and oxygen atoms in total. The molecule has 2 aromatic heterocycles. The van der Waals surface area contributed by atoms with Crippen molar-refractivity contribution in [2.45, 2.75) is 19.4 Å². The first kappa shape index (κ1) is 30.9. The Bertz CT molecular complexity index is 1510. The van der Waals surface area contributed by atoms with Crippen molar-refractivity contribution in [3.05, 3.63) is 97.8 Å². The van der Waals surface area contributed by atoms with Gasteiger partial charge < -0.3 is 11.1 Å². The molecule has 2 amide bonds. The molecule has 0 aliphatic rings. The lowest BCUT2D eigenvalue weighted by Gasteiger charge is -2.39. The standard InChI is InChI=1S/C26H22BrCl3N6O2.ClH/c1-26(2,14-31)35(25(38)15-7-4-3-5-8-15)19-12-16(28)11-18(30)22(19)33-24(37)20-13-21(27)34-36(20)23-17(29)9-6-10-32-23;/h3-13H,14,31H2,1-2H3,(H,33,37);1H. The van der Waals surface area contributed by atoms with Crippen LogP contribution in [0.2, 0.25) is 15.1 Å². The summed E-state index contributed by atoms with van der Waals surface area (Å²) in [5, 5.41) is 7.84. The van der Waals surface area contributed by atoms with E-state index in [1.807, 2.05) is 19.9 Å². The quantitative estimate of drug-likeness (QED) is 0.219. The Kier molecular flexibility index (Phi) is 10.0. The first-order valence-corrected chi connectivity index (χ1v) is 13.2. The van der Waals surface area contributed by atoms with Gasteiger partial charge in [0.1, 0.15) is 10.3 Å². The highest BCUT2D eigenvalue weighted by molar-refractivity contribution is 9.10. The zero-order valence-electron chi connectivity index (χ0n) is 20.7. The van der Waals surface area contributed by atoms with Gasteiger partial charge in [-0.2, -0.15) is 5.10 Å². The molecule has 2 aromatic carbocycles. The number of carbonyl (C=O) groups excluding carboxylic acids is 2. The predicted octanol–water partition coefficient (Wildman–Crippen LogP) is 7.05. The van der Waals surface area contributed by atoms with Crippen molar-refractivity contribution < 1.29 is 9.59 Å². The second-order valence-corrected chi connectivity index (χ2v) is 10.9. The van der Waals surface area contributed by atoms with E-state index in [0.29, 0.717) is 15.2 Å². The van der Waals surface area contributed by atoms with Gasteiger partial charge in [0.25, 0.3) is 11.8 Å². The lowest BCUT2D eigenvalue weighted by atomic mass is 9.99. The number of pyridine rings is 1. The molecule has 39 heavy (non-hydrogen) atoms. The van der Waals surface area contributed by atoms with Crippen LogP contribution in [0.1, 0.15) is 34.7 Å². The number of hydrogen-bond donors (Lipinski definition) is 2. The third-order valence-corrected chi connectivity index (χ3v) is 6.89. The lowest BCUT2D eigenvalue weighted by molar-refractivity contribution is 0.0961. The summed E-state index contributed by atoms with van der Waals surface area (Å²) >= 11 is 22.6. The number of nitrogens with one attached hydrogen (secondary N) is 1. The molecule has 0 saturated carbocycles. The molecule has 13 heteroatoms. The van der Waals surface area contributed by atoms with Crippen molar-refractivity contribution in [1.29, 1.82) is 0 Å². The van der Waals surface area contributed by atoms with E-state index in [4.69, 9.17) is 40.5 Å². The van der Waals surface area contributed by atoms with Gasteiger partial charge in [0, 0.05) is 29.4 Å². The number of anilines is 2. The molecular weight excluding hydrogens is 650 g/mol. The maximum absolute atomic E-state index is 13.8. The summed E-state index contributed by atoms with van der Waals surface area (Å²) in [6.07, 6.45) is 1.54. The van der Waals surface area contributed by atoms with Crippen LogP contribution in [0.25, 0.3) is 5.82 Å². The molecule has 0 aliphatic heterocycles. The van der Waals surface area contributed by atoms with E-state index < -0.39 is 11.4 Å². The number of nitrogens with zero attached hydrogens (tertiary/aromatic N) is 4. The van der Waals surface area contributed by atoms with Crippen LogP contribution in [0, 0.1) is 0 Å². The van der Waals surface area contributed by atoms with Gasteiger partial charge in [-0.15, -0.1) is 12.4 Å². The zero-order valence-corrected chi connectivity index (χ0v) is 25.3. The van der Waals surface area contributed by atoms with Crippen molar-refractivity contribution in [3.8, 4) is 5.82 Å². The van der Waals surface area contributed by atoms with Crippen LogP contribution in [0.4, 0.5) is 11.4 Å². The SMILES string of the molecule is CC(C)(CN)N(C(=O)c1ccccc1)c1cc(Cl)cc(Cl)c1NC(=O)c1cc(Br)nn1-c1ncccc1Cl.Cl. The fraction of sp³-hybridized carbons (Fsp3) is 0.154. The molecule has 0 spiro atoms. The molecule has 0 bridgehead atoms. The van der Waals surface area contributed by atoms with Crippen LogP contribution in [0.3, 0.4) is 0 Å². The Morgan fingerprint density at radius 3 is 2.38 bits per heavy atom. The molecule has 0 fully saturated rings. The highest BCUT2D eigenvalue weighted by atomic mass is 79.9. The van der Waals surface area contributed by atoms with Crippen molar-refractivity contribution in [2.24, 2.45) is 5.73 Å². The second kappa shape index (κ2) is 12.7. The fourth-order valence-electron chi connectivity index (χ4n) is 3.76.